The minimum absolute atomic E-state index is 0.142. The van der Waals surface area contributed by atoms with Crippen LogP contribution in [-0.4, -0.2) is 37.7 Å². The van der Waals surface area contributed by atoms with Crippen molar-refractivity contribution in [3.05, 3.63) is 29.8 Å². The quantitative estimate of drug-likeness (QED) is 0.747. The zero-order valence-corrected chi connectivity index (χ0v) is 13.3. The molecule has 1 fully saturated rings. The van der Waals surface area contributed by atoms with Gasteiger partial charge in [-0.3, -0.25) is 4.79 Å². The zero-order valence-electron chi connectivity index (χ0n) is 13.3. The minimum Gasteiger partial charge on any atom is -0.465 e. The van der Waals surface area contributed by atoms with E-state index in [4.69, 9.17) is 4.74 Å². The Morgan fingerprint density at radius 2 is 2.10 bits per heavy atom. The van der Waals surface area contributed by atoms with Gasteiger partial charge in [-0.05, 0) is 45.2 Å². The van der Waals surface area contributed by atoms with Crippen molar-refractivity contribution in [2.45, 2.75) is 45.7 Å². The van der Waals surface area contributed by atoms with Gasteiger partial charge in [0.05, 0.1) is 6.61 Å². The molecule has 1 unspecified atom stereocenters. The summed E-state index contributed by atoms with van der Waals surface area (Å²) in [7, 11) is 0. The second kappa shape index (κ2) is 7.46. The molecule has 0 aromatic heterocycles. The number of anilines is 1. The molecule has 0 amide bonds. The van der Waals surface area contributed by atoms with Gasteiger partial charge in [-0.25, -0.2) is 0 Å². The number of carbonyl (C=O) groups excluding carboxylic acids is 1. The molecule has 0 spiro atoms. The standard InChI is InChI=1S/C17H26N2O2/c1-4-19(16-9-7-6-8-13(16)3)12-15(17(20)21-5-2)18-14-10-11-14/h6-9,14-15,18H,4-5,10-12H2,1-3H3. The summed E-state index contributed by atoms with van der Waals surface area (Å²) in [6, 6.07) is 8.52. The lowest BCUT2D eigenvalue weighted by molar-refractivity contribution is -0.145. The Bertz CT molecular complexity index is 472. The molecule has 1 N–H and O–H groups in total. The van der Waals surface area contributed by atoms with Crippen LogP contribution in [0.3, 0.4) is 0 Å². The third-order valence-electron chi connectivity index (χ3n) is 3.83. The molecule has 1 atom stereocenters. The summed E-state index contributed by atoms with van der Waals surface area (Å²) in [6.07, 6.45) is 2.32. The monoisotopic (exact) mass is 290 g/mol. The average molecular weight is 290 g/mol. The molecule has 1 saturated carbocycles. The summed E-state index contributed by atoms with van der Waals surface area (Å²) in [4.78, 5) is 14.4. The summed E-state index contributed by atoms with van der Waals surface area (Å²) >= 11 is 0. The van der Waals surface area contributed by atoms with Crippen LogP contribution < -0.4 is 10.2 Å². The highest BCUT2D eigenvalue weighted by atomic mass is 16.5. The molecule has 4 heteroatoms. The Hall–Kier alpha value is -1.55. The molecule has 0 heterocycles. The minimum atomic E-state index is -0.253. The van der Waals surface area contributed by atoms with E-state index >= 15 is 0 Å². The first-order valence-electron chi connectivity index (χ1n) is 7.89. The van der Waals surface area contributed by atoms with Crippen molar-refractivity contribution < 1.29 is 9.53 Å². The molecule has 1 aromatic rings. The summed E-state index contributed by atoms with van der Waals surface area (Å²) in [6.45, 7) is 8.02. The van der Waals surface area contributed by atoms with Crippen molar-refractivity contribution in [1.82, 2.24) is 5.32 Å². The fourth-order valence-electron chi connectivity index (χ4n) is 2.51. The van der Waals surface area contributed by atoms with Gasteiger partial charge in [-0.2, -0.15) is 0 Å². The Balaban J connectivity index is 2.08. The molecule has 1 aliphatic carbocycles. The first-order chi connectivity index (χ1) is 10.2. The lowest BCUT2D eigenvalue weighted by atomic mass is 10.1. The molecule has 1 aliphatic rings. The van der Waals surface area contributed by atoms with E-state index in [1.807, 2.05) is 19.1 Å². The normalized spacial score (nSPS) is 15.6. The van der Waals surface area contributed by atoms with Gasteiger partial charge in [-0.15, -0.1) is 0 Å². The molecule has 2 rings (SSSR count). The summed E-state index contributed by atoms with van der Waals surface area (Å²) in [5, 5.41) is 3.41. The van der Waals surface area contributed by atoms with Gasteiger partial charge in [0.2, 0.25) is 0 Å². The number of hydrogen-bond acceptors (Lipinski definition) is 4. The first kappa shape index (κ1) is 15.8. The molecule has 0 radical (unpaired) electrons. The highest BCUT2D eigenvalue weighted by molar-refractivity contribution is 5.77. The van der Waals surface area contributed by atoms with Gasteiger partial charge >= 0.3 is 5.97 Å². The van der Waals surface area contributed by atoms with Crippen LogP contribution in [0.4, 0.5) is 5.69 Å². The third-order valence-corrected chi connectivity index (χ3v) is 3.83. The second-order valence-electron chi connectivity index (χ2n) is 5.57. The van der Waals surface area contributed by atoms with Gasteiger partial charge in [-0.1, -0.05) is 18.2 Å². The number of ether oxygens (including phenoxy) is 1. The lowest BCUT2D eigenvalue weighted by Gasteiger charge is -2.29. The summed E-state index contributed by atoms with van der Waals surface area (Å²) in [5.74, 6) is -0.142. The van der Waals surface area contributed by atoms with Gasteiger partial charge < -0.3 is 15.0 Å². The van der Waals surface area contributed by atoms with Gasteiger partial charge in [0, 0.05) is 24.8 Å². The number of esters is 1. The molecule has 4 nitrogen and oxygen atoms in total. The maximum Gasteiger partial charge on any atom is 0.324 e. The number of rotatable bonds is 8. The summed E-state index contributed by atoms with van der Waals surface area (Å²) in [5.41, 5.74) is 2.42. The number of aryl methyl sites for hydroxylation is 1. The van der Waals surface area contributed by atoms with E-state index in [-0.39, 0.29) is 12.0 Å². The molecule has 1 aromatic carbocycles. The van der Waals surface area contributed by atoms with Crippen LogP contribution in [0.15, 0.2) is 24.3 Å². The second-order valence-corrected chi connectivity index (χ2v) is 5.57. The Kier molecular flexibility index (Phi) is 5.62. The SMILES string of the molecule is CCOC(=O)C(CN(CC)c1ccccc1C)NC1CC1. The molecule has 0 saturated heterocycles. The maximum absolute atomic E-state index is 12.2. The van der Waals surface area contributed by atoms with Crippen molar-refractivity contribution in [3.63, 3.8) is 0 Å². The van der Waals surface area contributed by atoms with Gasteiger partial charge in [0.25, 0.3) is 0 Å². The Labute approximate surface area is 127 Å². The van der Waals surface area contributed by atoms with Crippen molar-refractivity contribution in [2.24, 2.45) is 0 Å². The molecular weight excluding hydrogens is 264 g/mol. The fraction of sp³-hybridized carbons (Fsp3) is 0.588. The van der Waals surface area contributed by atoms with Crippen LogP contribution in [0.2, 0.25) is 0 Å². The van der Waals surface area contributed by atoms with E-state index in [2.05, 4.69) is 36.2 Å². The molecule has 116 valence electrons. The number of nitrogens with one attached hydrogen (secondary N) is 1. The third kappa shape index (κ3) is 4.46. The van der Waals surface area contributed by atoms with Crippen LogP contribution in [0.5, 0.6) is 0 Å². The van der Waals surface area contributed by atoms with E-state index in [0.717, 1.165) is 19.4 Å². The highest BCUT2D eigenvalue weighted by Gasteiger charge is 2.30. The molecular formula is C17H26N2O2. The number of benzene rings is 1. The van der Waals surface area contributed by atoms with Crippen LogP contribution >= 0.6 is 0 Å². The van der Waals surface area contributed by atoms with Crippen molar-refractivity contribution in [1.29, 1.82) is 0 Å². The number of para-hydroxylation sites is 1. The number of likely N-dealkylation sites (N-methyl/N-ethyl adjacent to an activating group) is 1. The number of carbonyl (C=O) groups is 1. The molecule has 0 aliphatic heterocycles. The van der Waals surface area contributed by atoms with E-state index in [9.17, 15) is 4.79 Å². The molecule has 0 bridgehead atoms. The van der Waals surface area contributed by atoms with Crippen molar-refractivity contribution in [3.8, 4) is 0 Å². The number of hydrogen-bond donors (Lipinski definition) is 1. The van der Waals surface area contributed by atoms with Crippen LogP contribution in [0, 0.1) is 6.92 Å². The van der Waals surface area contributed by atoms with E-state index in [1.54, 1.807) is 0 Å². The number of nitrogens with zero attached hydrogens (tertiary/aromatic N) is 1. The fourth-order valence-corrected chi connectivity index (χ4v) is 2.51. The van der Waals surface area contributed by atoms with Crippen LogP contribution in [-0.2, 0) is 9.53 Å². The van der Waals surface area contributed by atoms with Gasteiger partial charge in [0.15, 0.2) is 0 Å². The van der Waals surface area contributed by atoms with Crippen molar-refractivity contribution >= 4 is 11.7 Å². The summed E-state index contributed by atoms with van der Waals surface area (Å²) < 4.78 is 5.22. The van der Waals surface area contributed by atoms with E-state index in [1.165, 1.54) is 11.3 Å². The predicted molar refractivity (Wildman–Crippen MR) is 85.6 cm³/mol. The van der Waals surface area contributed by atoms with Crippen LogP contribution in [0.1, 0.15) is 32.3 Å². The first-order valence-corrected chi connectivity index (χ1v) is 7.89. The Morgan fingerprint density at radius 3 is 2.67 bits per heavy atom. The largest absolute Gasteiger partial charge is 0.465 e. The van der Waals surface area contributed by atoms with E-state index in [0.29, 0.717) is 19.2 Å². The van der Waals surface area contributed by atoms with Crippen molar-refractivity contribution in [2.75, 3.05) is 24.6 Å². The lowest BCUT2D eigenvalue weighted by Crippen LogP contribution is -2.48. The Morgan fingerprint density at radius 1 is 1.38 bits per heavy atom. The van der Waals surface area contributed by atoms with E-state index < -0.39 is 0 Å². The zero-order chi connectivity index (χ0) is 15.2. The van der Waals surface area contributed by atoms with Gasteiger partial charge in [0.1, 0.15) is 6.04 Å². The average Bonchev–Trinajstić information content (AvgIpc) is 3.28. The maximum atomic E-state index is 12.2. The highest BCUT2D eigenvalue weighted by Crippen LogP contribution is 2.22. The smallest absolute Gasteiger partial charge is 0.324 e. The topological polar surface area (TPSA) is 41.6 Å². The van der Waals surface area contributed by atoms with Crippen LogP contribution in [0.25, 0.3) is 0 Å². The molecule has 21 heavy (non-hydrogen) atoms. The predicted octanol–water partition coefficient (Wildman–Crippen LogP) is 2.51.